The third-order valence-electron chi connectivity index (χ3n) is 3.28. The number of halogens is 2. The summed E-state index contributed by atoms with van der Waals surface area (Å²) in [6.45, 7) is 6.34. The van der Waals surface area contributed by atoms with E-state index < -0.39 is 0 Å². The predicted molar refractivity (Wildman–Crippen MR) is 80.7 cm³/mol. The van der Waals surface area contributed by atoms with Gasteiger partial charge in [-0.1, -0.05) is 23.7 Å². The van der Waals surface area contributed by atoms with E-state index in [1.54, 1.807) is 0 Å². The molecule has 19 heavy (non-hydrogen) atoms. The molecule has 0 spiro atoms. The van der Waals surface area contributed by atoms with Gasteiger partial charge in [-0.05, 0) is 31.5 Å². The van der Waals surface area contributed by atoms with Crippen LogP contribution in [0.2, 0.25) is 5.02 Å². The summed E-state index contributed by atoms with van der Waals surface area (Å²) in [5.41, 5.74) is 1.08. The van der Waals surface area contributed by atoms with Crippen molar-refractivity contribution in [1.29, 1.82) is 0 Å². The maximum Gasteiger partial charge on any atom is 0.228 e. The zero-order valence-electron chi connectivity index (χ0n) is 11.2. The molecule has 1 aromatic rings. The van der Waals surface area contributed by atoms with Gasteiger partial charge in [0.25, 0.3) is 0 Å². The lowest BCUT2D eigenvalue weighted by Gasteiger charge is -2.35. The Hall–Kier alpha value is -0.770. The Morgan fingerprint density at radius 3 is 2.63 bits per heavy atom. The van der Waals surface area contributed by atoms with Crippen LogP contribution in [0, 0.1) is 5.92 Å². The maximum absolute atomic E-state index is 12.3. The van der Waals surface area contributed by atoms with Gasteiger partial charge < -0.3 is 10.2 Å². The van der Waals surface area contributed by atoms with E-state index in [-0.39, 0.29) is 30.3 Å². The monoisotopic (exact) mass is 302 g/mol. The molecule has 0 unspecified atom stereocenters. The molecule has 0 atom stereocenters. The van der Waals surface area contributed by atoms with E-state index in [0.717, 1.165) is 18.7 Å². The molecule has 106 valence electrons. The fourth-order valence-electron chi connectivity index (χ4n) is 2.04. The first kappa shape index (κ1) is 16.3. The van der Waals surface area contributed by atoms with Gasteiger partial charge in [0, 0.05) is 30.7 Å². The maximum atomic E-state index is 12.3. The predicted octanol–water partition coefficient (Wildman–Crippen LogP) is 2.72. The molecule has 1 N–H and O–H groups in total. The number of nitrogens with one attached hydrogen (secondary N) is 1. The third-order valence-corrected chi connectivity index (χ3v) is 3.51. The number of hydrogen-bond donors (Lipinski definition) is 1. The molecule has 1 heterocycles. The number of carbonyl (C=O) groups excluding carboxylic acids is 1. The van der Waals surface area contributed by atoms with Gasteiger partial charge in [0.15, 0.2) is 0 Å². The van der Waals surface area contributed by atoms with Gasteiger partial charge >= 0.3 is 0 Å². The zero-order chi connectivity index (χ0) is 13.1. The lowest BCUT2D eigenvalue weighted by molar-refractivity contribution is -0.139. The lowest BCUT2D eigenvalue weighted by atomic mass is 10.0. The molecule has 0 aromatic heterocycles. The van der Waals surface area contributed by atoms with Crippen LogP contribution in [0.25, 0.3) is 0 Å². The smallest absolute Gasteiger partial charge is 0.228 e. The Balaban J connectivity index is 0.00000180. The van der Waals surface area contributed by atoms with E-state index in [1.807, 2.05) is 29.2 Å². The van der Waals surface area contributed by atoms with Crippen LogP contribution in [0.5, 0.6) is 0 Å². The van der Waals surface area contributed by atoms with Crippen LogP contribution in [0.4, 0.5) is 0 Å². The third kappa shape index (κ3) is 4.10. The highest BCUT2D eigenvalue weighted by atomic mass is 35.5. The number of nitrogens with zero attached hydrogens (tertiary/aromatic N) is 1. The summed E-state index contributed by atoms with van der Waals surface area (Å²) in [4.78, 5) is 14.2. The van der Waals surface area contributed by atoms with Gasteiger partial charge in [-0.15, -0.1) is 12.4 Å². The van der Waals surface area contributed by atoms with E-state index in [0.29, 0.717) is 11.6 Å². The molecule has 0 aliphatic carbocycles. The van der Waals surface area contributed by atoms with Crippen LogP contribution in [0.15, 0.2) is 24.3 Å². The molecule has 1 aliphatic rings. The first-order valence-corrected chi connectivity index (χ1v) is 6.71. The van der Waals surface area contributed by atoms with Crippen molar-refractivity contribution >= 4 is 29.9 Å². The number of hydrogen-bond acceptors (Lipinski definition) is 2. The Morgan fingerprint density at radius 2 is 2.16 bits per heavy atom. The first-order chi connectivity index (χ1) is 8.58. The van der Waals surface area contributed by atoms with Crippen LogP contribution in [-0.2, 0) is 11.3 Å². The van der Waals surface area contributed by atoms with E-state index in [2.05, 4.69) is 19.2 Å². The first-order valence-electron chi connectivity index (χ1n) is 6.33. The van der Waals surface area contributed by atoms with E-state index in [1.165, 1.54) is 0 Å². The minimum Gasteiger partial charge on any atom is -0.336 e. The van der Waals surface area contributed by atoms with Crippen molar-refractivity contribution in [1.82, 2.24) is 10.2 Å². The summed E-state index contributed by atoms with van der Waals surface area (Å²) < 4.78 is 0. The van der Waals surface area contributed by atoms with Crippen LogP contribution in [0.1, 0.15) is 19.4 Å². The number of amides is 1. The topological polar surface area (TPSA) is 32.3 Å². The van der Waals surface area contributed by atoms with E-state index in [9.17, 15) is 4.79 Å². The standard InChI is InChI=1S/C14H19ClN2O.ClH/c1-10(2)17(14(18)12-7-16-8-12)9-11-4-3-5-13(15)6-11;/h3-6,10,12,16H,7-9H2,1-2H3;1H. The average molecular weight is 303 g/mol. The second kappa shape index (κ2) is 7.13. The average Bonchev–Trinajstić information content (AvgIpc) is 2.23. The van der Waals surface area contributed by atoms with Crippen LogP contribution in [-0.4, -0.2) is 29.9 Å². The molecular formula is C14H20Cl2N2O. The number of rotatable bonds is 4. The van der Waals surface area contributed by atoms with Crippen molar-refractivity contribution in [3.05, 3.63) is 34.9 Å². The van der Waals surface area contributed by atoms with Gasteiger partial charge in [-0.2, -0.15) is 0 Å². The molecule has 0 saturated carbocycles. The van der Waals surface area contributed by atoms with Crippen molar-refractivity contribution in [2.45, 2.75) is 26.4 Å². The van der Waals surface area contributed by atoms with Crippen molar-refractivity contribution in [2.75, 3.05) is 13.1 Å². The van der Waals surface area contributed by atoms with Gasteiger partial charge in [-0.25, -0.2) is 0 Å². The Kier molecular flexibility index (Phi) is 6.11. The Labute approximate surface area is 125 Å². The highest BCUT2D eigenvalue weighted by Gasteiger charge is 2.30. The number of carbonyl (C=O) groups is 1. The molecule has 1 fully saturated rings. The molecular weight excluding hydrogens is 283 g/mol. The van der Waals surface area contributed by atoms with E-state index in [4.69, 9.17) is 11.6 Å². The molecule has 0 radical (unpaired) electrons. The quantitative estimate of drug-likeness (QED) is 0.927. The second-order valence-corrected chi connectivity index (χ2v) is 5.48. The van der Waals surface area contributed by atoms with Crippen molar-refractivity contribution in [2.24, 2.45) is 5.92 Å². The highest BCUT2D eigenvalue weighted by molar-refractivity contribution is 6.30. The zero-order valence-corrected chi connectivity index (χ0v) is 12.8. The van der Waals surface area contributed by atoms with Gasteiger partial charge in [0.05, 0.1) is 5.92 Å². The summed E-state index contributed by atoms with van der Waals surface area (Å²) in [6, 6.07) is 7.90. The summed E-state index contributed by atoms with van der Waals surface area (Å²) in [5, 5.41) is 3.86. The van der Waals surface area contributed by atoms with Crippen molar-refractivity contribution in [3.63, 3.8) is 0 Å². The second-order valence-electron chi connectivity index (χ2n) is 5.04. The summed E-state index contributed by atoms with van der Waals surface area (Å²) >= 11 is 5.98. The molecule has 1 amide bonds. The minimum atomic E-state index is 0. The Morgan fingerprint density at radius 1 is 1.47 bits per heavy atom. The number of benzene rings is 1. The normalized spacial score (nSPS) is 14.7. The van der Waals surface area contributed by atoms with Crippen LogP contribution in [0.3, 0.4) is 0 Å². The fraction of sp³-hybridized carbons (Fsp3) is 0.500. The molecule has 1 aliphatic heterocycles. The van der Waals surface area contributed by atoms with Gasteiger partial charge in [-0.3, -0.25) is 4.79 Å². The van der Waals surface area contributed by atoms with E-state index >= 15 is 0 Å². The molecule has 2 rings (SSSR count). The minimum absolute atomic E-state index is 0. The fourth-order valence-corrected chi connectivity index (χ4v) is 2.26. The Bertz CT molecular complexity index is 433. The molecule has 1 aromatic carbocycles. The summed E-state index contributed by atoms with van der Waals surface area (Å²) in [7, 11) is 0. The van der Waals surface area contributed by atoms with Crippen molar-refractivity contribution < 1.29 is 4.79 Å². The largest absolute Gasteiger partial charge is 0.336 e. The summed E-state index contributed by atoms with van der Waals surface area (Å²) in [5.74, 6) is 0.385. The molecule has 5 heteroatoms. The lowest BCUT2D eigenvalue weighted by Crippen LogP contribution is -2.53. The molecule has 0 bridgehead atoms. The highest BCUT2D eigenvalue weighted by Crippen LogP contribution is 2.17. The van der Waals surface area contributed by atoms with Crippen LogP contribution >= 0.6 is 24.0 Å². The van der Waals surface area contributed by atoms with Gasteiger partial charge in [0.1, 0.15) is 0 Å². The SMILES string of the molecule is CC(C)N(Cc1cccc(Cl)c1)C(=O)C1CNC1.Cl. The van der Waals surface area contributed by atoms with Crippen LogP contribution < -0.4 is 5.32 Å². The molecule has 1 saturated heterocycles. The van der Waals surface area contributed by atoms with Gasteiger partial charge in [0.2, 0.25) is 5.91 Å². The summed E-state index contributed by atoms with van der Waals surface area (Å²) in [6.07, 6.45) is 0. The molecule has 3 nitrogen and oxygen atoms in total. The van der Waals surface area contributed by atoms with Crippen molar-refractivity contribution in [3.8, 4) is 0 Å².